The van der Waals surface area contributed by atoms with Gasteiger partial charge in [0.1, 0.15) is 0 Å². The zero-order valence-electron chi connectivity index (χ0n) is 13.6. The number of piperazine rings is 1. The van der Waals surface area contributed by atoms with Crippen molar-refractivity contribution in [3.05, 3.63) is 21.9 Å². The van der Waals surface area contributed by atoms with E-state index in [1.807, 2.05) is 0 Å². The molecule has 0 bridgehead atoms. The lowest BCUT2D eigenvalue weighted by Crippen LogP contribution is -2.52. The molecule has 8 heteroatoms. The maximum absolute atomic E-state index is 12.5. The van der Waals surface area contributed by atoms with Crippen molar-refractivity contribution in [3.63, 3.8) is 0 Å². The molecule has 2 aliphatic heterocycles. The van der Waals surface area contributed by atoms with Crippen LogP contribution in [-0.2, 0) is 21.2 Å². The highest BCUT2D eigenvalue weighted by Gasteiger charge is 2.30. The van der Waals surface area contributed by atoms with Gasteiger partial charge in [0.2, 0.25) is 15.9 Å². The van der Waals surface area contributed by atoms with E-state index < -0.39 is 10.0 Å². The summed E-state index contributed by atoms with van der Waals surface area (Å²) in [6, 6.07) is 2.43. The van der Waals surface area contributed by atoms with E-state index in [9.17, 15) is 13.2 Å². The van der Waals surface area contributed by atoms with Gasteiger partial charge in [-0.3, -0.25) is 9.69 Å². The third-order valence-electron chi connectivity index (χ3n) is 4.80. The van der Waals surface area contributed by atoms with E-state index in [1.54, 1.807) is 16.2 Å². The van der Waals surface area contributed by atoms with Crippen LogP contribution in [0.5, 0.6) is 0 Å². The summed E-state index contributed by atoms with van der Waals surface area (Å²) in [6.45, 7) is 5.23. The Balaban J connectivity index is 1.57. The molecule has 0 N–H and O–H groups in total. The van der Waals surface area contributed by atoms with E-state index in [4.69, 9.17) is 0 Å². The molecule has 0 aromatic carbocycles. The molecule has 23 heavy (non-hydrogen) atoms. The first-order chi connectivity index (χ1) is 10.9. The topological polar surface area (TPSA) is 60.9 Å². The van der Waals surface area contributed by atoms with Crippen molar-refractivity contribution in [1.82, 2.24) is 14.1 Å². The van der Waals surface area contributed by atoms with Crippen LogP contribution >= 0.6 is 11.3 Å². The van der Waals surface area contributed by atoms with Gasteiger partial charge in [-0.25, -0.2) is 8.42 Å². The van der Waals surface area contributed by atoms with Gasteiger partial charge < -0.3 is 4.90 Å². The minimum atomic E-state index is -3.15. The van der Waals surface area contributed by atoms with Gasteiger partial charge >= 0.3 is 0 Å². The van der Waals surface area contributed by atoms with Crippen LogP contribution in [0.1, 0.15) is 23.4 Å². The maximum Gasteiger partial charge on any atom is 0.236 e. The Kier molecular flexibility index (Phi) is 4.78. The number of carbonyl (C=O) groups excluding carboxylic acids is 1. The van der Waals surface area contributed by atoms with E-state index >= 15 is 0 Å². The average Bonchev–Trinajstić information content (AvgIpc) is 2.98. The zero-order chi connectivity index (χ0) is 16.6. The second kappa shape index (κ2) is 6.51. The van der Waals surface area contributed by atoms with Crippen LogP contribution in [0.4, 0.5) is 0 Å². The van der Waals surface area contributed by atoms with Crippen molar-refractivity contribution in [3.8, 4) is 0 Å². The predicted octanol–water partition coefficient (Wildman–Crippen LogP) is 0.771. The highest BCUT2D eigenvalue weighted by molar-refractivity contribution is 7.88. The molecule has 1 aromatic rings. The number of amides is 1. The third kappa shape index (κ3) is 3.60. The normalized spacial score (nSPS) is 23.7. The number of fused-ring (bicyclic) bond motifs is 1. The van der Waals surface area contributed by atoms with E-state index in [0.717, 1.165) is 13.0 Å². The van der Waals surface area contributed by atoms with Crippen molar-refractivity contribution in [2.24, 2.45) is 0 Å². The number of thiophene rings is 1. The lowest BCUT2D eigenvalue weighted by atomic mass is 10.0. The summed E-state index contributed by atoms with van der Waals surface area (Å²) in [5, 5.41) is 2.12. The van der Waals surface area contributed by atoms with Crippen LogP contribution in [-0.4, -0.2) is 74.0 Å². The third-order valence-corrected chi connectivity index (χ3v) is 7.10. The van der Waals surface area contributed by atoms with Gasteiger partial charge in [0.25, 0.3) is 0 Å². The monoisotopic (exact) mass is 357 g/mol. The Labute approximate surface area is 141 Å². The summed E-state index contributed by atoms with van der Waals surface area (Å²) in [7, 11) is -3.15. The molecular formula is C15H23N3O3S2. The quantitative estimate of drug-likeness (QED) is 0.802. The second-order valence-electron chi connectivity index (χ2n) is 6.24. The first-order valence-electron chi connectivity index (χ1n) is 7.89. The molecule has 1 saturated heterocycles. The number of hydrogen-bond acceptors (Lipinski definition) is 5. The fraction of sp³-hybridized carbons (Fsp3) is 0.667. The molecule has 0 radical (unpaired) electrons. The fourth-order valence-electron chi connectivity index (χ4n) is 3.32. The number of carbonyl (C=O) groups is 1. The largest absolute Gasteiger partial charge is 0.339 e. The molecule has 0 spiro atoms. The maximum atomic E-state index is 12.5. The van der Waals surface area contributed by atoms with Crippen molar-refractivity contribution >= 4 is 27.3 Å². The van der Waals surface area contributed by atoms with Gasteiger partial charge in [0.15, 0.2) is 0 Å². The molecule has 0 saturated carbocycles. The van der Waals surface area contributed by atoms with Crippen molar-refractivity contribution in [2.75, 3.05) is 45.5 Å². The fourth-order valence-corrected chi connectivity index (χ4v) is 5.11. The van der Waals surface area contributed by atoms with Crippen molar-refractivity contribution in [2.45, 2.75) is 19.4 Å². The lowest BCUT2D eigenvalue weighted by molar-refractivity contribution is -0.134. The molecule has 1 atom stereocenters. The summed E-state index contributed by atoms with van der Waals surface area (Å²) in [6.07, 6.45) is 2.23. The lowest BCUT2D eigenvalue weighted by Gasteiger charge is -2.37. The molecular weight excluding hydrogens is 334 g/mol. The van der Waals surface area contributed by atoms with Crippen LogP contribution < -0.4 is 0 Å². The summed E-state index contributed by atoms with van der Waals surface area (Å²) in [5.74, 6) is 0.101. The first kappa shape index (κ1) is 16.9. The zero-order valence-corrected chi connectivity index (χ0v) is 15.2. The number of hydrogen-bond donors (Lipinski definition) is 0. The SMILES string of the molecule is C[C@@H]1c2ccsc2CCN1CC(=O)N1CCN(S(C)(=O)=O)CC1. The van der Waals surface area contributed by atoms with Crippen LogP contribution in [0.15, 0.2) is 11.4 Å². The molecule has 2 aliphatic rings. The minimum absolute atomic E-state index is 0.101. The van der Waals surface area contributed by atoms with Crippen molar-refractivity contribution < 1.29 is 13.2 Å². The van der Waals surface area contributed by atoms with Crippen LogP contribution in [0.2, 0.25) is 0 Å². The molecule has 3 rings (SSSR count). The van der Waals surface area contributed by atoms with Gasteiger partial charge in [-0.05, 0) is 30.4 Å². The smallest absolute Gasteiger partial charge is 0.236 e. The summed E-state index contributed by atoms with van der Waals surface area (Å²) < 4.78 is 24.5. The van der Waals surface area contributed by atoms with E-state index in [1.165, 1.54) is 21.0 Å². The van der Waals surface area contributed by atoms with Crippen LogP contribution in [0.3, 0.4) is 0 Å². The highest BCUT2D eigenvalue weighted by atomic mass is 32.2. The highest BCUT2D eigenvalue weighted by Crippen LogP contribution is 2.32. The molecule has 128 valence electrons. The molecule has 6 nitrogen and oxygen atoms in total. The van der Waals surface area contributed by atoms with Gasteiger partial charge in [0, 0.05) is 43.6 Å². The van der Waals surface area contributed by atoms with Crippen molar-refractivity contribution in [1.29, 1.82) is 0 Å². The van der Waals surface area contributed by atoms with Gasteiger partial charge in [-0.15, -0.1) is 11.3 Å². The Hall–Kier alpha value is -0.960. The Morgan fingerprint density at radius 2 is 1.96 bits per heavy atom. The summed E-state index contributed by atoms with van der Waals surface area (Å²) in [4.78, 5) is 18.0. The van der Waals surface area contributed by atoms with E-state index in [-0.39, 0.29) is 11.9 Å². The summed E-state index contributed by atoms with van der Waals surface area (Å²) >= 11 is 1.80. The molecule has 0 unspecified atom stereocenters. The van der Waals surface area contributed by atoms with Gasteiger partial charge in [-0.1, -0.05) is 0 Å². The molecule has 1 amide bonds. The van der Waals surface area contributed by atoms with Gasteiger partial charge in [-0.2, -0.15) is 4.31 Å². The molecule has 1 aromatic heterocycles. The Morgan fingerprint density at radius 1 is 1.26 bits per heavy atom. The predicted molar refractivity (Wildman–Crippen MR) is 91.0 cm³/mol. The Morgan fingerprint density at radius 3 is 2.61 bits per heavy atom. The molecule has 1 fully saturated rings. The standard InChI is InChI=1S/C15H23N3O3S2/c1-12-13-4-10-22-14(13)3-5-17(12)11-15(19)16-6-8-18(9-7-16)23(2,20)21/h4,10,12H,3,5-9,11H2,1-2H3/t12-/m1/s1. The second-order valence-corrected chi connectivity index (χ2v) is 9.22. The number of rotatable bonds is 3. The minimum Gasteiger partial charge on any atom is -0.339 e. The summed E-state index contributed by atoms with van der Waals surface area (Å²) in [5.41, 5.74) is 1.34. The number of sulfonamides is 1. The number of nitrogens with zero attached hydrogens (tertiary/aromatic N) is 3. The van der Waals surface area contributed by atoms with Gasteiger partial charge in [0.05, 0.1) is 12.8 Å². The Bertz CT molecular complexity index is 678. The average molecular weight is 358 g/mol. The molecule has 3 heterocycles. The van der Waals surface area contributed by atoms with Crippen LogP contribution in [0.25, 0.3) is 0 Å². The first-order valence-corrected chi connectivity index (χ1v) is 10.6. The molecule has 0 aliphatic carbocycles. The van der Waals surface area contributed by atoms with E-state index in [0.29, 0.717) is 32.7 Å². The van der Waals surface area contributed by atoms with Crippen LogP contribution in [0, 0.1) is 0 Å². The van der Waals surface area contributed by atoms with E-state index in [2.05, 4.69) is 23.3 Å².